The summed E-state index contributed by atoms with van der Waals surface area (Å²) in [5.74, 6) is 3.45. The summed E-state index contributed by atoms with van der Waals surface area (Å²) in [7, 11) is 3.62. The molecule has 0 saturated heterocycles. The van der Waals surface area contributed by atoms with Gasteiger partial charge in [0, 0.05) is 21.9 Å². The third kappa shape index (κ3) is 1.64. The Hall–Kier alpha value is -2.22. The summed E-state index contributed by atoms with van der Waals surface area (Å²) < 4.78 is 11.8. The lowest BCUT2D eigenvalue weighted by Gasteiger charge is -2.24. The molecule has 3 aromatic carbocycles. The zero-order valence-electron chi connectivity index (χ0n) is 13.6. The highest BCUT2D eigenvalue weighted by Crippen LogP contribution is 2.61. The molecule has 0 heterocycles. The van der Waals surface area contributed by atoms with Crippen molar-refractivity contribution >= 4 is 21.5 Å². The van der Waals surface area contributed by atoms with Crippen molar-refractivity contribution in [3.8, 4) is 11.5 Å². The highest BCUT2D eigenvalue weighted by molar-refractivity contribution is 6.05. The predicted molar refractivity (Wildman–Crippen MR) is 93.9 cm³/mol. The second kappa shape index (κ2) is 4.64. The van der Waals surface area contributed by atoms with Crippen LogP contribution in [0.1, 0.15) is 42.2 Å². The van der Waals surface area contributed by atoms with Gasteiger partial charge in [0.2, 0.25) is 0 Å². The Morgan fingerprint density at radius 1 is 0.783 bits per heavy atom. The number of benzene rings is 3. The third-order valence-electron chi connectivity index (χ3n) is 5.81. The van der Waals surface area contributed by atoms with Gasteiger partial charge in [-0.15, -0.1) is 0 Å². The van der Waals surface area contributed by atoms with Crippen LogP contribution in [0.25, 0.3) is 21.5 Å². The Labute approximate surface area is 136 Å². The van der Waals surface area contributed by atoms with Crippen molar-refractivity contribution in [2.75, 3.05) is 14.2 Å². The van der Waals surface area contributed by atoms with E-state index in [1.165, 1.54) is 51.9 Å². The Morgan fingerprint density at radius 3 is 1.70 bits per heavy atom. The average Bonchev–Trinajstić information content (AvgIpc) is 3.20. The molecule has 1 fully saturated rings. The maximum atomic E-state index is 5.92. The van der Waals surface area contributed by atoms with Gasteiger partial charge in [-0.3, -0.25) is 0 Å². The van der Waals surface area contributed by atoms with Gasteiger partial charge in [-0.2, -0.15) is 0 Å². The number of ether oxygens (including phenoxy) is 2. The molecule has 2 unspecified atom stereocenters. The largest absolute Gasteiger partial charge is 0.496 e. The fourth-order valence-electron chi connectivity index (χ4n) is 4.91. The summed E-state index contributed by atoms with van der Waals surface area (Å²) in [4.78, 5) is 0. The minimum absolute atomic E-state index is 0.648. The normalized spacial score (nSPS) is 21.8. The van der Waals surface area contributed by atoms with E-state index in [1.54, 1.807) is 0 Å². The zero-order chi connectivity index (χ0) is 15.6. The second-order valence-electron chi connectivity index (χ2n) is 6.85. The second-order valence-corrected chi connectivity index (χ2v) is 6.85. The van der Waals surface area contributed by atoms with Crippen LogP contribution in [0.3, 0.4) is 0 Å². The molecule has 1 saturated carbocycles. The number of methoxy groups -OCH3 is 2. The summed E-state index contributed by atoms with van der Waals surface area (Å²) >= 11 is 0. The van der Waals surface area contributed by atoms with Gasteiger partial charge in [-0.1, -0.05) is 24.3 Å². The minimum Gasteiger partial charge on any atom is -0.496 e. The van der Waals surface area contributed by atoms with Gasteiger partial charge >= 0.3 is 0 Å². The van der Waals surface area contributed by atoms with Crippen LogP contribution >= 0.6 is 0 Å². The number of rotatable bonds is 2. The SMILES string of the molecule is COc1c2c(c(OC)c3cc4ccccc4cc13)C1CCC2C1. The van der Waals surface area contributed by atoms with Gasteiger partial charge in [0.1, 0.15) is 11.5 Å². The first-order valence-corrected chi connectivity index (χ1v) is 8.42. The predicted octanol–water partition coefficient (Wildman–Crippen LogP) is 5.37. The van der Waals surface area contributed by atoms with Crippen LogP contribution in [-0.4, -0.2) is 14.2 Å². The fourth-order valence-corrected chi connectivity index (χ4v) is 4.91. The van der Waals surface area contributed by atoms with Crippen LogP contribution in [0.15, 0.2) is 36.4 Å². The van der Waals surface area contributed by atoms with Crippen LogP contribution in [0.2, 0.25) is 0 Å². The average molecular weight is 304 g/mol. The molecule has 116 valence electrons. The van der Waals surface area contributed by atoms with Gasteiger partial charge in [0.25, 0.3) is 0 Å². The smallest absolute Gasteiger partial charge is 0.130 e. The Balaban J connectivity index is 1.98. The van der Waals surface area contributed by atoms with Crippen molar-refractivity contribution in [1.82, 2.24) is 0 Å². The molecule has 3 aromatic rings. The lowest BCUT2D eigenvalue weighted by Crippen LogP contribution is -2.05. The Kier molecular flexibility index (Phi) is 2.67. The molecule has 2 bridgehead atoms. The minimum atomic E-state index is 0.648. The Morgan fingerprint density at radius 2 is 1.26 bits per heavy atom. The summed E-state index contributed by atoms with van der Waals surface area (Å²) in [6, 6.07) is 13.0. The molecular formula is C21H20O2. The molecule has 0 aromatic heterocycles. The standard InChI is InChI=1S/C21H20O2/c1-22-20-16-10-12-5-3-4-6-13(12)11-17(16)21(23-2)19-15-8-7-14(9-15)18(19)20/h3-6,10-11,14-15H,7-9H2,1-2H3. The monoisotopic (exact) mass is 304 g/mol. The zero-order valence-corrected chi connectivity index (χ0v) is 13.6. The van der Waals surface area contributed by atoms with Crippen LogP contribution in [0.4, 0.5) is 0 Å². The molecular weight excluding hydrogens is 284 g/mol. The van der Waals surface area contributed by atoms with Crippen LogP contribution in [-0.2, 0) is 0 Å². The van der Waals surface area contributed by atoms with Crippen molar-refractivity contribution < 1.29 is 9.47 Å². The first-order valence-electron chi connectivity index (χ1n) is 8.42. The number of fused-ring (bicyclic) bond motifs is 7. The van der Waals surface area contributed by atoms with Gasteiger partial charge in [-0.25, -0.2) is 0 Å². The summed E-state index contributed by atoms with van der Waals surface area (Å²) in [5, 5.41) is 4.88. The molecule has 2 nitrogen and oxygen atoms in total. The van der Waals surface area contributed by atoms with E-state index in [1.807, 2.05) is 14.2 Å². The lowest BCUT2D eigenvalue weighted by molar-refractivity contribution is 0.398. The quantitative estimate of drug-likeness (QED) is 0.592. The molecule has 2 atom stereocenters. The molecule has 2 aliphatic carbocycles. The lowest BCUT2D eigenvalue weighted by atomic mass is 9.86. The van der Waals surface area contributed by atoms with E-state index in [2.05, 4.69) is 36.4 Å². The maximum Gasteiger partial charge on any atom is 0.130 e. The molecule has 0 spiro atoms. The maximum absolute atomic E-state index is 5.92. The van der Waals surface area contributed by atoms with Crippen molar-refractivity contribution in [3.63, 3.8) is 0 Å². The van der Waals surface area contributed by atoms with Gasteiger partial charge in [0.15, 0.2) is 0 Å². The van der Waals surface area contributed by atoms with Crippen molar-refractivity contribution in [3.05, 3.63) is 47.5 Å². The van der Waals surface area contributed by atoms with Crippen LogP contribution in [0, 0.1) is 0 Å². The van der Waals surface area contributed by atoms with Gasteiger partial charge < -0.3 is 9.47 Å². The van der Waals surface area contributed by atoms with E-state index in [0.717, 1.165) is 11.5 Å². The molecule has 2 aliphatic rings. The molecule has 0 radical (unpaired) electrons. The van der Waals surface area contributed by atoms with Gasteiger partial charge in [0.05, 0.1) is 14.2 Å². The highest BCUT2D eigenvalue weighted by atomic mass is 16.5. The fraction of sp³-hybridized carbons (Fsp3) is 0.333. The van der Waals surface area contributed by atoms with Crippen molar-refractivity contribution in [2.45, 2.75) is 31.1 Å². The van der Waals surface area contributed by atoms with E-state index < -0.39 is 0 Å². The topological polar surface area (TPSA) is 18.5 Å². The molecule has 0 aliphatic heterocycles. The molecule has 23 heavy (non-hydrogen) atoms. The highest BCUT2D eigenvalue weighted by Gasteiger charge is 2.42. The summed E-state index contributed by atoms with van der Waals surface area (Å²) in [6.45, 7) is 0. The summed E-state index contributed by atoms with van der Waals surface area (Å²) in [6.07, 6.45) is 3.84. The van der Waals surface area contributed by atoms with Crippen molar-refractivity contribution in [1.29, 1.82) is 0 Å². The van der Waals surface area contributed by atoms with E-state index in [9.17, 15) is 0 Å². The van der Waals surface area contributed by atoms with E-state index in [4.69, 9.17) is 9.47 Å². The van der Waals surface area contributed by atoms with Crippen LogP contribution < -0.4 is 9.47 Å². The molecule has 0 N–H and O–H groups in total. The van der Waals surface area contributed by atoms with E-state index >= 15 is 0 Å². The molecule has 5 rings (SSSR count). The first kappa shape index (κ1) is 13.2. The van der Waals surface area contributed by atoms with Crippen LogP contribution in [0.5, 0.6) is 11.5 Å². The molecule has 2 heteroatoms. The van der Waals surface area contributed by atoms with Gasteiger partial charge in [-0.05, 0) is 54.0 Å². The first-order chi connectivity index (χ1) is 11.3. The van der Waals surface area contributed by atoms with E-state index in [0.29, 0.717) is 11.8 Å². The number of hydrogen-bond acceptors (Lipinski definition) is 2. The number of hydrogen-bond donors (Lipinski definition) is 0. The third-order valence-corrected chi connectivity index (χ3v) is 5.81. The summed E-state index contributed by atoms with van der Waals surface area (Å²) in [5.41, 5.74) is 2.84. The Bertz CT molecular complexity index is 866. The van der Waals surface area contributed by atoms with Crippen molar-refractivity contribution in [2.24, 2.45) is 0 Å². The molecule has 0 amide bonds. The van der Waals surface area contributed by atoms with E-state index in [-0.39, 0.29) is 0 Å².